The third kappa shape index (κ3) is 5.28. The summed E-state index contributed by atoms with van der Waals surface area (Å²) in [5.74, 6) is -1.22. The Hall–Kier alpha value is -1.47. The van der Waals surface area contributed by atoms with Crippen molar-refractivity contribution in [3.05, 3.63) is 35.4 Å². The van der Waals surface area contributed by atoms with E-state index in [4.69, 9.17) is 5.11 Å². The first-order valence-electron chi connectivity index (χ1n) is 7.73. The van der Waals surface area contributed by atoms with Crippen molar-refractivity contribution in [2.75, 3.05) is 0 Å². The Kier molecular flexibility index (Phi) is 5.75. The molecule has 1 aromatic carbocycles. The molecule has 1 atom stereocenters. The van der Waals surface area contributed by atoms with Crippen LogP contribution in [0.3, 0.4) is 0 Å². The van der Waals surface area contributed by atoms with E-state index in [1.54, 1.807) is 13.0 Å². The van der Waals surface area contributed by atoms with Gasteiger partial charge in [-0.15, -0.1) is 0 Å². The zero-order valence-corrected chi connectivity index (χ0v) is 13.9. The molecule has 0 aromatic heterocycles. The van der Waals surface area contributed by atoms with Crippen LogP contribution in [0.4, 0.5) is 4.39 Å². The minimum Gasteiger partial charge on any atom is -0.478 e. The highest BCUT2D eigenvalue weighted by Gasteiger charge is 2.27. The number of alkyl halides is 1. The van der Waals surface area contributed by atoms with Gasteiger partial charge in [0, 0.05) is 6.04 Å². The first-order chi connectivity index (χ1) is 10.8. The largest absolute Gasteiger partial charge is 0.478 e. The highest BCUT2D eigenvalue weighted by Crippen LogP contribution is 2.28. The molecule has 0 saturated heterocycles. The molecular weight excluding hydrogens is 321 g/mol. The normalized spacial score (nSPS) is 23.4. The van der Waals surface area contributed by atoms with Crippen LogP contribution < -0.4 is 4.72 Å². The second-order valence-corrected chi connectivity index (χ2v) is 7.94. The van der Waals surface area contributed by atoms with Gasteiger partial charge in [-0.2, -0.15) is 0 Å². The summed E-state index contributed by atoms with van der Waals surface area (Å²) in [6, 6.07) is 5.64. The molecule has 0 aliphatic heterocycles. The number of carboxylic acid groups (broad SMARTS) is 1. The third-order valence-electron chi connectivity index (χ3n) is 4.30. The van der Waals surface area contributed by atoms with E-state index in [0.717, 1.165) is 0 Å². The Labute approximate surface area is 136 Å². The summed E-state index contributed by atoms with van der Waals surface area (Å²) in [7, 11) is -3.58. The smallest absolute Gasteiger partial charge is 0.335 e. The van der Waals surface area contributed by atoms with Crippen LogP contribution in [0.1, 0.15) is 48.5 Å². The predicted molar refractivity (Wildman–Crippen MR) is 85.5 cm³/mol. The number of nitrogens with one attached hydrogen (secondary N) is 1. The number of hydrogen-bond acceptors (Lipinski definition) is 3. The van der Waals surface area contributed by atoms with Crippen molar-refractivity contribution in [2.45, 2.75) is 50.6 Å². The van der Waals surface area contributed by atoms with E-state index in [9.17, 15) is 17.6 Å². The molecule has 23 heavy (non-hydrogen) atoms. The van der Waals surface area contributed by atoms with E-state index in [0.29, 0.717) is 31.2 Å². The summed E-state index contributed by atoms with van der Waals surface area (Å²) < 4.78 is 40.3. The van der Waals surface area contributed by atoms with Crippen molar-refractivity contribution in [2.24, 2.45) is 5.92 Å². The van der Waals surface area contributed by atoms with E-state index < -0.39 is 22.2 Å². The molecule has 1 saturated carbocycles. The predicted octanol–water partition coefficient (Wildman–Crippen LogP) is 2.72. The van der Waals surface area contributed by atoms with Crippen LogP contribution in [-0.4, -0.2) is 31.7 Å². The average molecular weight is 343 g/mol. The maximum Gasteiger partial charge on any atom is 0.335 e. The Morgan fingerprint density at radius 3 is 2.61 bits per heavy atom. The maximum atomic E-state index is 13.2. The Morgan fingerprint density at radius 1 is 1.35 bits per heavy atom. The molecule has 2 N–H and O–H groups in total. The molecule has 2 rings (SSSR count). The van der Waals surface area contributed by atoms with E-state index in [-0.39, 0.29) is 23.3 Å². The lowest BCUT2D eigenvalue weighted by Gasteiger charge is -2.29. The fraction of sp³-hybridized carbons (Fsp3) is 0.562. The molecule has 1 aromatic rings. The summed E-state index contributed by atoms with van der Waals surface area (Å²) in [6.45, 7) is 1.80. The summed E-state index contributed by atoms with van der Waals surface area (Å²) in [4.78, 5) is 10.9. The molecule has 7 heteroatoms. The van der Waals surface area contributed by atoms with Crippen molar-refractivity contribution in [1.29, 1.82) is 0 Å². The maximum absolute atomic E-state index is 13.2. The molecule has 1 aliphatic rings. The van der Waals surface area contributed by atoms with Crippen molar-refractivity contribution < 1.29 is 22.7 Å². The van der Waals surface area contributed by atoms with Crippen LogP contribution in [0.15, 0.2) is 24.3 Å². The molecule has 0 amide bonds. The highest BCUT2D eigenvalue weighted by atomic mass is 32.2. The number of benzene rings is 1. The van der Waals surface area contributed by atoms with E-state index in [1.807, 2.05) is 0 Å². The van der Waals surface area contributed by atoms with Crippen LogP contribution in [0.2, 0.25) is 0 Å². The summed E-state index contributed by atoms with van der Waals surface area (Å²) in [6.07, 6.45) is 1.56. The molecule has 0 heterocycles. The third-order valence-corrected chi connectivity index (χ3v) is 5.75. The van der Waals surface area contributed by atoms with Crippen LogP contribution >= 0.6 is 0 Å². The van der Waals surface area contributed by atoms with E-state index in [2.05, 4.69) is 4.72 Å². The van der Waals surface area contributed by atoms with Gasteiger partial charge in [0.05, 0.1) is 11.3 Å². The van der Waals surface area contributed by atoms with E-state index >= 15 is 0 Å². The number of halogens is 1. The first-order valence-corrected chi connectivity index (χ1v) is 9.38. The topological polar surface area (TPSA) is 83.5 Å². The van der Waals surface area contributed by atoms with Gasteiger partial charge in [0.1, 0.15) is 6.17 Å². The summed E-state index contributed by atoms with van der Waals surface area (Å²) in [5.41, 5.74) is 0.490. The van der Waals surface area contributed by atoms with E-state index in [1.165, 1.54) is 18.2 Å². The fourth-order valence-corrected chi connectivity index (χ4v) is 4.47. The minimum atomic E-state index is -3.58. The number of aromatic carboxylic acids is 1. The SMILES string of the molecule is CC(NS(=O)(=O)Cc1cccc(C(=O)O)c1)C1CCC(F)CC1. The second kappa shape index (κ2) is 7.40. The van der Waals surface area contributed by atoms with Gasteiger partial charge in [-0.25, -0.2) is 22.3 Å². The Bertz CT molecular complexity index is 654. The number of rotatable bonds is 6. The van der Waals surface area contributed by atoms with Crippen molar-refractivity contribution in [3.63, 3.8) is 0 Å². The van der Waals surface area contributed by atoms with Gasteiger partial charge in [-0.3, -0.25) is 0 Å². The van der Waals surface area contributed by atoms with Crippen LogP contribution in [-0.2, 0) is 15.8 Å². The molecule has 1 aliphatic carbocycles. The van der Waals surface area contributed by atoms with Crippen molar-refractivity contribution in [3.8, 4) is 0 Å². The minimum absolute atomic E-state index is 0.0621. The van der Waals surface area contributed by atoms with Gasteiger partial charge in [0.2, 0.25) is 10.0 Å². The molecule has 0 spiro atoms. The van der Waals surface area contributed by atoms with Gasteiger partial charge in [0.25, 0.3) is 0 Å². The molecule has 1 fully saturated rings. The summed E-state index contributed by atoms with van der Waals surface area (Å²) in [5, 5.41) is 8.95. The Morgan fingerprint density at radius 2 is 2.00 bits per heavy atom. The highest BCUT2D eigenvalue weighted by molar-refractivity contribution is 7.88. The standard InChI is InChI=1S/C16H22FNO4S/c1-11(13-5-7-15(17)8-6-13)18-23(21,22)10-12-3-2-4-14(9-12)16(19)20/h2-4,9,11,13,15,18H,5-8,10H2,1H3,(H,19,20). The molecule has 0 radical (unpaired) electrons. The Balaban J connectivity index is 1.99. The van der Waals surface area contributed by atoms with Crippen LogP contribution in [0.25, 0.3) is 0 Å². The zero-order valence-electron chi connectivity index (χ0n) is 13.0. The lowest BCUT2D eigenvalue weighted by molar-refractivity contribution is 0.0696. The van der Waals surface area contributed by atoms with Crippen LogP contribution in [0.5, 0.6) is 0 Å². The molecule has 5 nitrogen and oxygen atoms in total. The number of sulfonamides is 1. The average Bonchev–Trinajstić information content (AvgIpc) is 2.47. The monoisotopic (exact) mass is 343 g/mol. The lowest BCUT2D eigenvalue weighted by atomic mass is 9.84. The first kappa shape index (κ1) is 17.9. The van der Waals surface area contributed by atoms with Crippen molar-refractivity contribution in [1.82, 2.24) is 4.72 Å². The van der Waals surface area contributed by atoms with Gasteiger partial charge >= 0.3 is 5.97 Å². The molecule has 128 valence electrons. The fourth-order valence-electron chi connectivity index (χ4n) is 3.01. The molecule has 1 unspecified atom stereocenters. The van der Waals surface area contributed by atoms with Gasteiger partial charge in [-0.05, 0) is 56.2 Å². The van der Waals surface area contributed by atoms with Gasteiger partial charge in [0.15, 0.2) is 0 Å². The van der Waals surface area contributed by atoms with Crippen molar-refractivity contribution >= 4 is 16.0 Å². The number of carbonyl (C=O) groups is 1. The van der Waals surface area contributed by atoms with Gasteiger partial charge in [-0.1, -0.05) is 12.1 Å². The number of hydrogen-bond donors (Lipinski definition) is 2. The number of carboxylic acids is 1. The van der Waals surface area contributed by atoms with Crippen LogP contribution in [0, 0.1) is 5.92 Å². The summed E-state index contributed by atoms with van der Waals surface area (Å²) >= 11 is 0. The molecular formula is C16H22FNO4S. The second-order valence-electron chi connectivity index (χ2n) is 6.18. The quantitative estimate of drug-likeness (QED) is 0.832. The van der Waals surface area contributed by atoms with Gasteiger partial charge < -0.3 is 5.11 Å². The lowest BCUT2D eigenvalue weighted by Crippen LogP contribution is -2.40. The zero-order chi connectivity index (χ0) is 17.0. The molecule has 0 bridgehead atoms.